The van der Waals surface area contributed by atoms with Gasteiger partial charge in [-0.25, -0.2) is 8.78 Å². The highest BCUT2D eigenvalue weighted by Gasteiger charge is 2.32. The molecule has 0 aromatic heterocycles. The summed E-state index contributed by atoms with van der Waals surface area (Å²) in [4.78, 5) is 26.6. The third-order valence-corrected chi connectivity index (χ3v) is 4.57. The quantitative estimate of drug-likeness (QED) is 0.797. The molecule has 8 heteroatoms. The fraction of sp³-hybridized carbons (Fsp3) is 0.300. The number of anilines is 2. The van der Waals surface area contributed by atoms with Gasteiger partial charge in [-0.3, -0.25) is 14.5 Å². The largest absolute Gasteiger partial charge is 0.497 e. The molecule has 1 unspecified atom stereocenters. The lowest BCUT2D eigenvalue weighted by molar-refractivity contribution is -0.122. The van der Waals surface area contributed by atoms with Crippen molar-refractivity contribution in [3.63, 3.8) is 0 Å². The number of methoxy groups -OCH3 is 1. The van der Waals surface area contributed by atoms with E-state index in [4.69, 9.17) is 4.74 Å². The van der Waals surface area contributed by atoms with Crippen LogP contribution >= 0.6 is 0 Å². The zero-order valence-electron chi connectivity index (χ0n) is 15.4. The average Bonchev–Trinajstić information content (AvgIpc) is 3.13. The lowest BCUT2D eigenvalue weighted by Crippen LogP contribution is -2.43. The van der Waals surface area contributed by atoms with Gasteiger partial charge in [-0.2, -0.15) is 0 Å². The van der Waals surface area contributed by atoms with Gasteiger partial charge in [-0.15, -0.1) is 0 Å². The Kier molecular flexibility index (Phi) is 6.20. The Hall–Kier alpha value is -3.00. The maximum atomic E-state index is 13.7. The van der Waals surface area contributed by atoms with E-state index in [0.29, 0.717) is 24.4 Å². The van der Waals surface area contributed by atoms with Crippen molar-refractivity contribution in [3.8, 4) is 5.75 Å². The molecule has 2 amide bonds. The minimum Gasteiger partial charge on any atom is -0.497 e. The van der Waals surface area contributed by atoms with Gasteiger partial charge in [-0.1, -0.05) is 0 Å². The first kappa shape index (κ1) is 19.8. The first-order valence-corrected chi connectivity index (χ1v) is 8.90. The number of carbonyl (C=O) groups is 2. The van der Waals surface area contributed by atoms with Crippen LogP contribution in [0.4, 0.5) is 20.2 Å². The third-order valence-electron chi connectivity index (χ3n) is 4.57. The Morgan fingerprint density at radius 3 is 2.61 bits per heavy atom. The number of carbonyl (C=O) groups excluding carboxylic acids is 2. The molecule has 1 aliphatic heterocycles. The minimum atomic E-state index is -0.718. The molecule has 1 atom stereocenters. The van der Waals surface area contributed by atoms with E-state index < -0.39 is 23.6 Å². The Labute approximate surface area is 161 Å². The first-order valence-electron chi connectivity index (χ1n) is 8.90. The zero-order valence-corrected chi connectivity index (χ0v) is 15.4. The molecule has 0 saturated carbocycles. The summed E-state index contributed by atoms with van der Waals surface area (Å²) in [6.45, 7) is 0.483. The number of likely N-dealkylation sites (tertiary alicyclic amines) is 1. The lowest BCUT2D eigenvalue weighted by Gasteiger charge is -2.23. The summed E-state index contributed by atoms with van der Waals surface area (Å²) >= 11 is 0. The van der Waals surface area contributed by atoms with E-state index in [0.717, 1.165) is 24.6 Å². The van der Waals surface area contributed by atoms with E-state index >= 15 is 0 Å². The van der Waals surface area contributed by atoms with Crippen molar-refractivity contribution >= 4 is 23.2 Å². The van der Waals surface area contributed by atoms with Crippen molar-refractivity contribution in [2.24, 2.45) is 0 Å². The molecule has 1 fully saturated rings. The first-order chi connectivity index (χ1) is 13.5. The van der Waals surface area contributed by atoms with Crippen molar-refractivity contribution in [1.82, 2.24) is 4.90 Å². The van der Waals surface area contributed by atoms with Gasteiger partial charge in [0.1, 0.15) is 17.4 Å². The zero-order chi connectivity index (χ0) is 20.1. The Bertz CT molecular complexity index is 858. The molecule has 148 valence electrons. The van der Waals surface area contributed by atoms with Crippen LogP contribution in [-0.2, 0) is 9.59 Å². The second-order valence-electron chi connectivity index (χ2n) is 6.52. The normalized spacial score (nSPS) is 16.6. The van der Waals surface area contributed by atoms with Gasteiger partial charge in [0.05, 0.1) is 25.4 Å². The fourth-order valence-electron chi connectivity index (χ4n) is 3.18. The maximum absolute atomic E-state index is 13.7. The summed E-state index contributed by atoms with van der Waals surface area (Å²) in [6, 6.07) is 9.32. The number of nitrogens with zero attached hydrogens (tertiary/aromatic N) is 1. The van der Waals surface area contributed by atoms with Crippen molar-refractivity contribution in [2.45, 2.75) is 18.9 Å². The topological polar surface area (TPSA) is 70.7 Å². The van der Waals surface area contributed by atoms with Crippen LogP contribution in [0.5, 0.6) is 5.75 Å². The molecule has 1 aliphatic rings. The van der Waals surface area contributed by atoms with E-state index in [1.54, 1.807) is 36.3 Å². The highest BCUT2D eigenvalue weighted by molar-refractivity contribution is 5.96. The van der Waals surface area contributed by atoms with Gasteiger partial charge >= 0.3 is 0 Å². The molecule has 28 heavy (non-hydrogen) atoms. The Morgan fingerprint density at radius 2 is 1.89 bits per heavy atom. The van der Waals surface area contributed by atoms with Crippen molar-refractivity contribution in [2.75, 3.05) is 30.8 Å². The van der Waals surface area contributed by atoms with Gasteiger partial charge < -0.3 is 15.4 Å². The van der Waals surface area contributed by atoms with Crippen LogP contribution in [0, 0.1) is 11.6 Å². The monoisotopic (exact) mass is 389 g/mol. The SMILES string of the molecule is COc1ccc(NC(=O)C2CCCN2CC(=O)Nc2cc(F)ccc2F)cc1. The van der Waals surface area contributed by atoms with E-state index in [-0.39, 0.29) is 18.1 Å². The number of ether oxygens (including phenoxy) is 1. The van der Waals surface area contributed by atoms with Crippen LogP contribution in [0.15, 0.2) is 42.5 Å². The number of amides is 2. The summed E-state index contributed by atoms with van der Waals surface area (Å²) in [7, 11) is 1.56. The van der Waals surface area contributed by atoms with E-state index in [1.807, 2.05) is 0 Å². The van der Waals surface area contributed by atoms with E-state index in [9.17, 15) is 18.4 Å². The molecule has 0 radical (unpaired) electrons. The van der Waals surface area contributed by atoms with Crippen molar-refractivity contribution in [3.05, 3.63) is 54.1 Å². The van der Waals surface area contributed by atoms with Gasteiger partial charge in [0.25, 0.3) is 0 Å². The molecule has 2 N–H and O–H groups in total. The Balaban J connectivity index is 1.59. The lowest BCUT2D eigenvalue weighted by atomic mass is 10.2. The number of halogens is 2. The number of hydrogen-bond acceptors (Lipinski definition) is 4. The van der Waals surface area contributed by atoms with Crippen LogP contribution in [-0.4, -0.2) is 43.0 Å². The number of hydrogen-bond donors (Lipinski definition) is 2. The molecule has 0 bridgehead atoms. The summed E-state index contributed by atoms with van der Waals surface area (Å²) in [5.74, 6) is -1.40. The van der Waals surface area contributed by atoms with Crippen molar-refractivity contribution < 1.29 is 23.1 Å². The molecule has 0 spiro atoms. The summed E-state index contributed by atoms with van der Waals surface area (Å²) < 4.78 is 32.0. The Morgan fingerprint density at radius 1 is 1.14 bits per heavy atom. The molecule has 1 saturated heterocycles. The van der Waals surface area contributed by atoms with Gasteiger partial charge in [-0.05, 0) is 55.8 Å². The van der Waals surface area contributed by atoms with Crippen molar-refractivity contribution in [1.29, 1.82) is 0 Å². The number of rotatable bonds is 6. The van der Waals surface area contributed by atoms with Crippen LogP contribution in [0.25, 0.3) is 0 Å². The maximum Gasteiger partial charge on any atom is 0.241 e. The van der Waals surface area contributed by atoms with Crippen LogP contribution in [0.2, 0.25) is 0 Å². The summed E-state index contributed by atoms with van der Waals surface area (Å²) in [5, 5.41) is 5.19. The second-order valence-corrected chi connectivity index (χ2v) is 6.52. The molecule has 6 nitrogen and oxygen atoms in total. The summed E-state index contributed by atoms with van der Waals surface area (Å²) in [6.07, 6.45) is 1.38. The van der Waals surface area contributed by atoms with Gasteiger partial charge in [0, 0.05) is 11.8 Å². The predicted octanol–water partition coefficient (Wildman–Crippen LogP) is 3.02. The van der Waals surface area contributed by atoms with Gasteiger partial charge in [0.2, 0.25) is 11.8 Å². The molecule has 0 aliphatic carbocycles. The predicted molar refractivity (Wildman–Crippen MR) is 101 cm³/mol. The average molecular weight is 389 g/mol. The number of nitrogens with one attached hydrogen (secondary N) is 2. The molecule has 3 rings (SSSR count). The van der Waals surface area contributed by atoms with Crippen LogP contribution in [0.3, 0.4) is 0 Å². The highest BCUT2D eigenvalue weighted by atomic mass is 19.1. The van der Waals surface area contributed by atoms with E-state index in [1.165, 1.54) is 0 Å². The van der Waals surface area contributed by atoms with Crippen LogP contribution in [0.1, 0.15) is 12.8 Å². The minimum absolute atomic E-state index is 0.0867. The molecule has 2 aromatic rings. The second kappa shape index (κ2) is 8.79. The van der Waals surface area contributed by atoms with Gasteiger partial charge in [0.15, 0.2) is 0 Å². The fourth-order valence-corrected chi connectivity index (χ4v) is 3.18. The molecular weight excluding hydrogens is 368 g/mol. The number of benzene rings is 2. The third kappa shape index (κ3) is 4.83. The molecule has 2 aromatic carbocycles. The smallest absolute Gasteiger partial charge is 0.241 e. The van der Waals surface area contributed by atoms with Crippen LogP contribution < -0.4 is 15.4 Å². The standard InChI is InChI=1S/C20H21F2N3O3/c1-28-15-7-5-14(6-8-15)23-20(27)18-3-2-10-25(18)12-19(26)24-17-11-13(21)4-9-16(17)22/h4-9,11,18H,2-3,10,12H2,1H3,(H,23,27)(H,24,26). The summed E-state index contributed by atoms with van der Waals surface area (Å²) in [5.41, 5.74) is 0.410. The highest BCUT2D eigenvalue weighted by Crippen LogP contribution is 2.21. The van der Waals surface area contributed by atoms with E-state index in [2.05, 4.69) is 10.6 Å². The molecule has 1 heterocycles. The molecular formula is C20H21F2N3O3.